The minimum atomic E-state index is -0.969. The number of fused-ring (bicyclic) bond motifs is 2. The van der Waals surface area contributed by atoms with E-state index in [2.05, 4.69) is 74.3 Å². The van der Waals surface area contributed by atoms with Gasteiger partial charge in [0.15, 0.2) is 6.29 Å². The van der Waals surface area contributed by atoms with Crippen LogP contribution in [-0.2, 0) is 43.6 Å². The zero-order valence-electron chi connectivity index (χ0n) is 33.9. The summed E-state index contributed by atoms with van der Waals surface area (Å²) in [5, 5.41) is 12.3. The summed E-state index contributed by atoms with van der Waals surface area (Å²) in [6, 6.07) is 32.9. The molecule has 4 aromatic carbocycles. The van der Waals surface area contributed by atoms with E-state index in [0.29, 0.717) is 16.9 Å². The Hall–Kier alpha value is -4.87. The summed E-state index contributed by atoms with van der Waals surface area (Å²) in [6.07, 6.45) is 2.03. The zero-order valence-corrected chi connectivity index (χ0v) is 33.9. The molecule has 58 heavy (non-hydrogen) atoms. The molecule has 3 aliphatic heterocycles. The number of nitrogens with one attached hydrogen (secondary N) is 1. The number of ether oxygens (including phenoxy) is 3. The van der Waals surface area contributed by atoms with Crippen molar-refractivity contribution in [3.63, 3.8) is 0 Å². The molecule has 1 aliphatic carbocycles. The van der Waals surface area contributed by atoms with E-state index in [1.807, 2.05) is 66.7 Å². The number of aliphatic hydroxyl groups is 1. The van der Waals surface area contributed by atoms with Crippen LogP contribution in [0.3, 0.4) is 0 Å². The molecule has 0 radical (unpaired) electrons. The molecule has 8 rings (SSSR count). The van der Waals surface area contributed by atoms with E-state index >= 15 is 0 Å². The number of imide groups is 1. The Bertz CT molecular complexity index is 2110. The van der Waals surface area contributed by atoms with Crippen LogP contribution in [-0.4, -0.2) is 64.1 Å². The van der Waals surface area contributed by atoms with Gasteiger partial charge in [-0.2, -0.15) is 0 Å². The molecule has 10 nitrogen and oxygen atoms in total. The molecule has 304 valence electrons. The van der Waals surface area contributed by atoms with Gasteiger partial charge in [-0.1, -0.05) is 125 Å². The standard InChI is InChI=1S/C48H55N3O7/c1-31-41(26-50-30-48(4)24-39(50)23-47(2,3)29-48)57-45(58-43(31)36-15-13-32(27-52)14-16-36)37-19-17-35(18-20-37)38-12-8-11-34(21-38)25-51-42(53)22-40(44(51)54)49-46(55)56-28-33-9-6-5-7-10-33/h5-21,31,39-41,43,45,52H,22-30H2,1-4H3,(H,49,55)/t31-,39?,40?,41+,43+,45+,48?/m0/s1. The van der Waals surface area contributed by atoms with Crippen molar-refractivity contribution >= 4 is 17.9 Å². The first-order valence-electron chi connectivity index (χ1n) is 20.6. The smallest absolute Gasteiger partial charge is 0.408 e. The summed E-state index contributed by atoms with van der Waals surface area (Å²) in [5.41, 5.74) is 7.06. The highest BCUT2D eigenvalue weighted by atomic mass is 16.7. The monoisotopic (exact) mass is 785 g/mol. The molecular weight excluding hydrogens is 731 g/mol. The SMILES string of the molecule is C[C@H]1[C@@H](CN2CC3(C)CC2CC(C)(C)C3)O[C@@H](c2ccc(-c3cccc(CN4C(=O)CC(NC(=O)OCc5ccccc5)C4=O)c3)cc2)O[C@H]1c1ccc(CO)cc1. The second-order valence-electron chi connectivity index (χ2n) is 18.1. The van der Waals surface area contributed by atoms with Crippen LogP contribution in [0, 0.1) is 16.7 Å². The normalized spacial score (nSPS) is 28.1. The van der Waals surface area contributed by atoms with Gasteiger partial charge in [0.25, 0.3) is 5.91 Å². The van der Waals surface area contributed by atoms with E-state index in [1.165, 1.54) is 24.2 Å². The summed E-state index contributed by atoms with van der Waals surface area (Å²) >= 11 is 0. The number of aliphatic hydroxyl groups excluding tert-OH is 1. The Balaban J connectivity index is 0.946. The third kappa shape index (κ3) is 8.76. The first-order chi connectivity index (χ1) is 27.8. The second kappa shape index (κ2) is 16.4. The lowest BCUT2D eigenvalue weighted by molar-refractivity contribution is -0.276. The number of amides is 3. The molecule has 2 N–H and O–H groups in total. The minimum Gasteiger partial charge on any atom is -0.445 e. The number of carbonyl (C=O) groups excluding carboxylic acids is 3. The van der Waals surface area contributed by atoms with Gasteiger partial charge in [-0.05, 0) is 69.5 Å². The molecule has 2 bridgehead atoms. The van der Waals surface area contributed by atoms with Gasteiger partial charge in [-0.3, -0.25) is 19.4 Å². The molecular formula is C48H55N3O7. The van der Waals surface area contributed by atoms with Crippen molar-refractivity contribution in [2.45, 2.75) is 104 Å². The Kier molecular flexibility index (Phi) is 11.3. The largest absolute Gasteiger partial charge is 0.445 e. The number of rotatable bonds is 11. The molecule has 10 heteroatoms. The maximum absolute atomic E-state index is 13.2. The Morgan fingerprint density at radius 3 is 2.31 bits per heavy atom. The molecule has 3 heterocycles. The Morgan fingerprint density at radius 1 is 0.845 bits per heavy atom. The fourth-order valence-corrected chi connectivity index (χ4v) is 10.1. The van der Waals surface area contributed by atoms with Crippen molar-refractivity contribution in [2.24, 2.45) is 16.7 Å². The number of hydrogen-bond donors (Lipinski definition) is 2. The molecule has 4 aromatic rings. The zero-order chi connectivity index (χ0) is 40.6. The third-order valence-corrected chi connectivity index (χ3v) is 12.6. The van der Waals surface area contributed by atoms with Crippen LogP contribution in [0.25, 0.3) is 11.1 Å². The highest BCUT2D eigenvalue weighted by molar-refractivity contribution is 6.06. The van der Waals surface area contributed by atoms with Gasteiger partial charge in [0.1, 0.15) is 12.6 Å². The molecule has 0 spiro atoms. The molecule has 1 saturated carbocycles. The van der Waals surface area contributed by atoms with E-state index in [0.717, 1.165) is 52.0 Å². The second-order valence-corrected chi connectivity index (χ2v) is 18.1. The molecule has 4 aliphatic rings. The molecule has 0 aromatic heterocycles. The molecule has 3 saturated heterocycles. The predicted octanol–water partition coefficient (Wildman–Crippen LogP) is 8.09. The van der Waals surface area contributed by atoms with Gasteiger partial charge in [-0.15, -0.1) is 0 Å². The highest BCUT2D eigenvalue weighted by Crippen LogP contribution is 2.53. The quantitative estimate of drug-likeness (QED) is 0.147. The Labute approximate surface area is 341 Å². The van der Waals surface area contributed by atoms with Crippen molar-refractivity contribution in [1.82, 2.24) is 15.1 Å². The first-order valence-corrected chi connectivity index (χ1v) is 20.6. The van der Waals surface area contributed by atoms with E-state index in [4.69, 9.17) is 14.2 Å². The maximum atomic E-state index is 13.2. The average molecular weight is 786 g/mol. The van der Waals surface area contributed by atoms with Crippen LogP contribution < -0.4 is 5.32 Å². The van der Waals surface area contributed by atoms with E-state index in [1.54, 1.807) is 0 Å². The van der Waals surface area contributed by atoms with Gasteiger partial charge in [0.05, 0.1) is 31.8 Å². The minimum absolute atomic E-state index is 0.00317. The Morgan fingerprint density at radius 2 is 1.57 bits per heavy atom. The summed E-state index contributed by atoms with van der Waals surface area (Å²) in [7, 11) is 0. The number of carbonyl (C=O) groups is 3. The van der Waals surface area contributed by atoms with Gasteiger partial charge >= 0.3 is 6.09 Å². The van der Waals surface area contributed by atoms with Gasteiger partial charge in [0, 0.05) is 30.6 Å². The van der Waals surface area contributed by atoms with Gasteiger partial charge in [0.2, 0.25) is 5.91 Å². The molecule has 3 amide bonds. The fourth-order valence-electron chi connectivity index (χ4n) is 10.1. The fraction of sp³-hybridized carbons (Fsp3) is 0.438. The van der Waals surface area contributed by atoms with Crippen molar-refractivity contribution < 1.29 is 33.7 Å². The van der Waals surface area contributed by atoms with Crippen LogP contribution in [0.1, 0.15) is 93.6 Å². The number of nitrogens with zero attached hydrogens (tertiary/aromatic N) is 2. The van der Waals surface area contributed by atoms with Crippen LogP contribution in [0.2, 0.25) is 0 Å². The van der Waals surface area contributed by atoms with Crippen LogP contribution in [0.5, 0.6) is 0 Å². The maximum Gasteiger partial charge on any atom is 0.408 e. The molecule has 4 fully saturated rings. The summed E-state index contributed by atoms with van der Waals surface area (Å²) in [4.78, 5) is 42.5. The molecule has 3 unspecified atom stereocenters. The predicted molar refractivity (Wildman–Crippen MR) is 220 cm³/mol. The van der Waals surface area contributed by atoms with Gasteiger partial charge < -0.3 is 24.6 Å². The lowest BCUT2D eigenvalue weighted by atomic mass is 9.65. The number of likely N-dealkylation sites (tertiary alicyclic amines) is 2. The van der Waals surface area contributed by atoms with Gasteiger partial charge in [-0.25, -0.2) is 4.79 Å². The van der Waals surface area contributed by atoms with Crippen molar-refractivity contribution in [1.29, 1.82) is 0 Å². The molecule has 7 atom stereocenters. The lowest BCUT2D eigenvalue weighted by Crippen LogP contribution is -2.46. The lowest BCUT2D eigenvalue weighted by Gasteiger charge is -2.43. The number of benzene rings is 4. The average Bonchev–Trinajstić information content (AvgIpc) is 3.61. The van der Waals surface area contributed by atoms with Crippen LogP contribution in [0.4, 0.5) is 4.79 Å². The van der Waals surface area contributed by atoms with Crippen molar-refractivity contribution in [2.75, 3.05) is 13.1 Å². The van der Waals surface area contributed by atoms with Crippen molar-refractivity contribution in [3.05, 3.63) is 131 Å². The van der Waals surface area contributed by atoms with Crippen LogP contribution in [0.15, 0.2) is 103 Å². The highest BCUT2D eigenvalue weighted by Gasteiger charge is 2.51. The number of hydrogen-bond acceptors (Lipinski definition) is 8. The van der Waals surface area contributed by atoms with Crippen molar-refractivity contribution in [3.8, 4) is 11.1 Å². The number of alkyl carbamates (subject to hydrolysis) is 1. The van der Waals surface area contributed by atoms with Crippen LogP contribution >= 0.6 is 0 Å². The summed E-state index contributed by atoms with van der Waals surface area (Å²) in [6.45, 7) is 11.6. The van der Waals surface area contributed by atoms with E-state index in [-0.39, 0.29) is 50.2 Å². The van der Waals surface area contributed by atoms with E-state index in [9.17, 15) is 19.5 Å². The first kappa shape index (κ1) is 39.9. The summed E-state index contributed by atoms with van der Waals surface area (Å²) in [5.74, 6) is -0.694. The van der Waals surface area contributed by atoms with E-state index < -0.39 is 24.3 Å². The third-order valence-electron chi connectivity index (χ3n) is 12.6. The topological polar surface area (TPSA) is 118 Å². The summed E-state index contributed by atoms with van der Waals surface area (Å²) < 4.78 is 19.0.